The number of nitrogens with two attached hydrogens (primary N) is 1. The summed E-state index contributed by atoms with van der Waals surface area (Å²) in [6, 6.07) is 2.76. The Labute approximate surface area is 126 Å². The van der Waals surface area contributed by atoms with Gasteiger partial charge in [-0.1, -0.05) is 13.8 Å². The summed E-state index contributed by atoms with van der Waals surface area (Å²) in [5, 5.41) is 0. The molecule has 2 N–H and O–H groups in total. The molecule has 1 aliphatic rings. The molecule has 0 aliphatic carbocycles. The van der Waals surface area contributed by atoms with Crippen molar-refractivity contribution in [3.63, 3.8) is 0 Å². The molecule has 0 amide bonds. The van der Waals surface area contributed by atoms with Gasteiger partial charge in [0.15, 0.2) is 0 Å². The number of rotatable bonds is 3. The van der Waals surface area contributed by atoms with E-state index in [9.17, 15) is 12.8 Å². The maximum Gasteiger partial charge on any atom is 0.243 e. The summed E-state index contributed by atoms with van der Waals surface area (Å²) in [7, 11) is -3.58. The highest BCUT2D eigenvalue weighted by Crippen LogP contribution is 2.28. The summed E-state index contributed by atoms with van der Waals surface area (Å²) in [6.45, 7) is 6.79. The monoisotopic (exact) mass is 314 g/mol. The minimum atomic E-state index is -3.58. The average Bonchev–Trinajstić information content (AvgIpc) is 2.44. The van der Waals surface area contributed by atoms with E-state index < -0.39 is 15.8 Å². The lowest BCUT2D eigenvalue weighted by molar-refractivity contribution is 0.212. The van der Waals surface area contributed by atoms with E-state index in [2.05, 4.69) is 13.8 Å². The summed E-state index contributed by atoms with van der Waals surface area (Å²) in [5.74, 6) is 0.423. The normalized spacial score (nSPS) is 24.2. The molecule has 1 fully saturated rings. The van der Waals surface area contributed by atoms with Crippen LogP contribution < -0.4 is 5.73 Å². The van der Waals surface area contributed by atoms with Crippen LogP contribution in [0, 0.1) is 24.6 Å². The van der Waals surface area contributed by atoms with Gasteiger partial charge in [-0.15, -0.1) is 0 Å². The highest BCUT2D eigenvalue weighted by Gasteiger charge is 2.32. The summed E-state index contributed by atoms with van der Waals surface area (Å²) in [6.07, 6.45) is 0.852. The van der Waals surface area contributed by atoms with E-state index in [1.165, 1.54) is 16.4 Å². The first-order valence-electron chi connectivity index (χ1n) is 7.26. The molecule has 0 aromatic heterocycles. The van der Waals surface area contributed by atoms with Crippen LogP contribution >= 0.6 is 0 Å². The average molecular weight is 314 g/mol. The second-order valence-corrected chi connectivity index (χ2v) is 7.96. The molecule has 0 radical (unpaired) electrons. The van der Waals surface area contributed by atoms with Gasteiger partial charge in [0.25, 0.3) is 0 Å². The molecule has 1 aromatic rings. The van der Waals surface area contributed by atoms with Crippen LogP contribution in [0.3, 0.4) is 0 Å². The number of benzene rings is 1. The number of piperidine rings is 1. The van der Waals surface area contributed by atoms with E-state index in [1.807, 2.05) is 0 Å². The summed E-state index contributed by atoms with van der Waals surface area (Å²) in [5.41, 5.74) is 6.06. The zero-order valence-corrected chi connectivity index (χ0v) is 13.6. The molecule has 21 heavy (non-hydrogen) atoms. The quantitative estimate of drug-likeness (QED) is 0.931. The summed E-state index contributed by atoms with van der Waals surface area (Å²) >= 11 is 0. The molecule has 118 valence electrons. The zero-order chi connectivity index (χ0) is 15.8. The van der Waals surface area contributed by atoms with Crippen molar-refractivity contribution in [2.75, 3.05) is 13.1 Å². The lowest BCUT2D eigenvalue weighted by Gasteiger charge is -2.34. The lowest BCUT2D eigenvalue weighted by Crippen LogP contribution is -2.42. The first-order chi connectivity index (χ1) is 9.77. The van der Waals surface area contributed by atoms with Crippen molar-refractivity contribution in [2.45, 2.75) is 38.6 Å². The van der Waals surface area contributed by atoms with Gasteiger partial charge >= 0.3 is 0 Å². The predicted molar refractivity (Wildman–Crippen MR) is 80.7 cm³/mol. The highest BCUT2D eigenvalue weighted by atomic mass is 32.2. The van der Waals surface area contributed by atoms with Gasteiger partial charge < -0.3 is 5.73 Å². The molecular weight excluding hydrogens is 291 g/mol. The molecular formula is C15H23FN2O2S. The van der Waals surface area contributed by atoms with Crippen molar-refractivity contribution in [1.82, 2.24) is 4.31 Å². The minimum absolute atomic E-state index is 0.0104. The number of hydrogen-bond donors (Lipinski definition) is 1. The Bertz CT molecular complexity index is 631. The Hall–Kier alpha value is -0.980. The van der Waals surface area contributed by atoms with Gasteiger partial charge in [-0.05, 0) is 42.9 Å². The summed E-state index contributed by atoms with van der Waals surface area (Å²) < 4.78 is 40.8. The van der Waals surface area contributed by atoms with Gasteiger partial charge in [-0.2, -0.15) is 4.31 Å². The number of sulfonamides is 1. The molecule has 0 saturated carbocycles. The van der Waals surface area contributed by atoms with Crippen LogP contribution in [0.4, 0.5) is 4.39 Å². The maximum absolute atomic E-state index is 13.8. The molecule has 1 aromatic carbocycles. The van der Waals surface area contributed by atoms with E-state index in [0.29, 0.717) is 30.5 Å². The van der Waals surface area contributed by atoms with Crippen molar-refractivity contribution in [2.24, 2.45) is 17.6 Å². The Morgan fingerprint density at radius 2 is 2.00 bits per heavy atom. The number of hydrogen-bond acceptors (Lipinski definition) is 3. The molecule has 1 aliphatic heterocycles. The largest absolute Gasteiger partial charge is 0.326 e. The van der Waals surface area contributed by atoms with Gasteiger partial charge in [0.1, 0.15) is 5.82 Å². The van der Waals surface area contributed by atoms with Gasteiger partial charge in [0.2, 0.25) is 10.0 Å². The number of nitrogens with zero attached hydrogens (tertiary/aromatic N) is 1. The zero-order valence-electron chi connectivity index (χ0n) is 12.8. The third kappa shape index (κ3) is 3.12. The maximum atomic E-state index is 13.8. The molecule has 0 bridgehead atoms. The van der Waals surface area contributed by atoms with Crippen LogP contribution in [0.15, 0.2) is 17.0 Å². The van der Waals surface area contributed by atoms with Crippen LogP contribution in [0.5, 0.6) is 0 Å². The Kier molecular flexibility index (Phi) is 4.70. The molecule has 1 heterocycles. The smallest absolute Gasteiger partial charge is 0.243 e. The van der Waals surface area contributed by atoms with Gasteiger partial charge in [-0.3, -0.25) is 0 Å². The van der Waals surface area contributed by atoms with Crippen molar-refractivity contribution >= 4 is 10.0 Å². The Morgan fingerprint density at radius 3 is 2.57 bits per heavy atom. The molecule has 0 spiro atoms. The first-order valence-corrected chi connectivity index (χ1v) is 8.70. The van der Waals surface area contributed by atoms with E-state index in [4.69, 9.17) is 5.73 Å². The van der Waals surface area contributed by atoms with Crippen molar-refractivity contribution < 1.29 is 12.8 Å². The SMILES string of the molecule is Cc1cc(S(=O)(=O)N2CCC(C)C(C)C2)cc(CN)c1F. The fourth-order valence-electron chi connectivity index (χ4n) is 2.70. The second-order valence-electron chi connectivity index (χ2n) is 6.02. The van der Waals surface area contributed by atoms with E-state index >= 15 is 0 Å². The molecule has 1 saturated heterocycles. The molecule has 2 rings (SSSR count). The van der Waals surface area contributed by atoms with E-state index in [-0.39, 0.29) is 17.0 Å². The Morgan fingerprint density at radius 1 is 1.33 bits per heavy atom. The fraction of sp³-hybridized carbons (Fsp3) is 0.600. The van der Waals surface area contributed by atoms with E-state index in [1.54, 1.807) is 6.92 Å². The minimum Gasteiger partial charge on any atom is -0.326 e. The number of aryl methyl sites for hydroxylation is 1. The fourth-order valence-corrected chi connectivity index (χ4v) is 4.39. The Balaban J connectivity index is 2.38. The van der Waals surface area contributed by atoms with Crippen LogP contribution in [-0.2, 0) is 16.6 Å². The van der Waals surface area contributed by atoms with Crippen molar-refractivity contribution in [3.05, 3.63) is 29.1 Å². The third-order valence-electron chi connectivity index (χ3n) is 4.46. The topological polar surface area (TPSA) is 63.4 Å². The molecule has 2 unspecified atom stereocenters. The first kappa shape index (κ1) is 16.4. The van der Waals surface area contributed by atoms with Crippen LogP contribution in [0.1, 0.15) is 31.4 Å². The van der Waals surface area contributed by atoms with Crippen molar-refractivity contribution in [3.8, 4) is 0 Å². The van der Waals surface area contributed by atoms with Crippen LogP contribution in [-0.4, -0.2) is 25.8 Å². The highest BCUT2D eigenvalue weighted by molar-refractivity contribution is 7.89. The van der Waals surface area contributed by atoms with Gasteiger partial charge in [0.05, 0.1) is 4.90 Å². The summed E-state index contributed by atoms with van der Waals surface area (Å²) in [4.78, 5) is 0.142. The van der Waals surface area contributed by atoms with Gasteiger partial charge in [0, 0.05) is 25.2 Å². The van der Waals surface area contributed by atoms with Crippen molar-refractivity contribution in [1.29, 1.82) is 0 Å². The number of halogens is 1. The molecule has 4 nitrogen and oxygen atoms in total. The molecule has 6 heteroatoms. The lowest BCUT2D eigenvalue weighted by atomic mass is 9.90. The van der Waals surface area contributed by atoms with Crippen LogP contribution in [0.25, 0.3) is 0 Å². The van der Waals surface area contributed by atoms with Gasteiger partial charge in [-0.25, -0.2) is 12.8 Å². The second kappa shape index (κ2) is 6.02. The van der Waals surface area contributed by atoms with E-state index in [0.717, 1.165) is 6.42 Å². The predicted octanol–water partition coefficient (Wildman–Crippen LogP) is 2.26. The van der Waals surface area contributed by atoms with Crippen LogP contribution in [0.2, 0.25) is 0 Å². The molecule has 2 atom stereocenters. The standard InChI is InChI=1S/C15H23FN2O2S/c1-10-4-5-18(9-12(10)3)21(19,20)14-6-11(2)15(16)13(7-14)8-17/h6-7,10,12H,4-5,8-9,17H2,1-3H3. The third-order valence-corrected chi connectivity index (χ3v) is 6.30.